The molecule has 1 aliphatic heterocycles. The summed E-state index contributed by atoms with van der Waals surface area (Å²) in [6, 6.07) is 0. The van der Waals surface area contributed by atoms with Crippen molar-refractivity contribution in [3.05, 3.63) is 12.2 Å². The summed E-state index contributed by atoms with van der Waals surface area (Å²) >= 11 is 0. The van der Waals surface area contributed by atoms with Gasteiger partial charge in [0.25, 0.3) is 0 Å². The van der Waals surface area contributed by atoms with E-state index in [-0.39, 0.29) is 17.8 Å². The Morgan fingerprint density at radius 1 is 1.39 bits per heavy atom. The van der Waals surface area contributed by atoms with Gasteiger partial charge in [-0.25, -0.2) is 4.79 Å². The van der Waals surface area contributed by atoms with Gasteiger partial charge in [-0.15, -0.1) is 0 Å². The van der Waals surface area contributed by atoms with Gasteiger partial charge in [0.05, 0.1) is 0 Å². The van der Waals surface area contributed by atoms with Crippen molar-refractivity contribution in [3.8, 4) is 0 Å². The van der Waals surface area contributed by atoms with Gasteiger partial charge in [0.1, 0.15) is 11.4 Å². The van der Waals surface area contributed by atoms with Gasteiger partial charge >= 0.3 is 6.09 Å². The molecule has 0 bridgehead atoms. The molecular formula is C14H23NO3. The minimum atomic E-state index is -0.489. The maximum Gasteiger partial charge on any atom is 0.410 e. The van der Waals surface area contributed by atoms with E-state index in [1.165, 1.54) is 0 Å². The number of hydrogen-bond acceptors (Lipinski definition) is 3. The van der Waals surface area contributed by atoms with Crippen molar-refractivity contribution in [1.82, 2.24) is 4.90 Å². The van der Waals surface area contributed by atoms with E-state index in [2.05, 4.69) is 6.58 Å². The Bertz CT molecular complexity index is 355. The van der Waals surface area contributed by atoms with Gasteiger partial charge in [-0.3, -0.25) is 4.79 Å². The summed E-state index contributed by atoms with van der Waals surface area (Å²) in [4.78, 5) is 25.3. The van der Waals surface area contributed by atoms with Crippen LogP contribution in [0.4, 0.5) is 4.79 Å². The molecular weight excluding hydrogens is 230 g/mol. The normalized spacial score (nSPS) is 19.8. The molecule has 0 aromatic rings. The largest absolute Gasteiger partial charge is 0.444 e. The highest BCUT2D eigenvalue weighted by molar-refractivity contribution is 5.84. The highest BCUT2D eigenvalue weighted by Crippen LogP contribution is 2.22. The number of hydrogen-bond donors (Lipinski definition) is 0. The van der Waals surface area contributed by atoms with E-state index in [0.29, 0.717) is 19.5 Å². The second kappa shape index (κ2) is 5.55. The Morgan fingerprint density at radius 2 is 2.00 bits per heavy atom. The van der Waals surface area contributed by atoms with Crippen LogP contribution in [-0.4, -0.2) is 35.5 Å². The van der Waals surface area contributed by atoms with E-state index < -0.39 is 5.60 Å². The van der Waals surface area contributed by atoms with Gasteiger partial charge in [-0.1, -0.05) is 12.2 Å². The molecule has 4 heteroatoms. The molecule has 1 fully saturated rings. The van der Waals surface area contributed by atoms with Gasteiger partial charge in [-0.2, -0.15) is 0 Å². The number of allylic oxidation sites excluding steroid dienone is 1. The van der Waals surface area contributed by atoms with Crippen molar-refractivity contribution in [1.29, 1.82) is 0 Å². The summed E-state index contributed by atoms with van der Waals surface area (Å²) < 4.78 is 5.29. The second-order valence-electron chi connectivity index (χ2n) is 6.01. The number of ether oxygens (including phenoxy) is 1. The molecule has 102 valence electrons. The molecule has 1 rings (SSSR count). The first kappa shape index (κ1) is 14.7. The lowest BCUT2D eigenvalue weighted by Crippen LogP contribution is -2.35. The lowest BCUT2D eigenvalue weighted by Gasteiger charge is -2.24. The fourth-order valence-electron chi connectivity index (χ4n) is 1.96. The van der Waals surface area contributed by atoms with E-state index >= 15 is 0 Å². The van der Waals surface area contributed by atoms with Crippen molar-refractivity contribution < 1.29 is 14.3 Å². The molecule has 0 radical (unpaired) electrons. The molecule has 0 spiro atoms. The van der Waals surface area contributed by atoms with Gasteiger partial charge in [0.2, 0.25) is 0 Å². The zero-order valence-corrected chi connectivity index (χ0v) is 11.8. The molecule has 0 saturated carbocycles. The minimum absolute atomic E-state index is 0.0609. The molecule has 0 unspecified atom stereocenters. The average molecular weight is 253 g/mol. The van der Waals surface area contributed by atoms with Crippen molar-refractivity contribution in [2.75, 3.05) is 13.1 Å². The first-order chi connectivity index (χ1) is 8.19. The third-order valence-electron chi connectivity index (χ3n) is 2.77. The summed E-state index contributed by atoms with van der Waals surface area (Å²) in [5, 5.41) is 0. The lowest BCUT2D eigenvalue weighted by atomic mass is 9.98. The molecule has 0 N–H and O–H groups in total. The first-order valence-electron chi connectivity index (χ1n) is 6.34. The Morgan fingerprint density at radius 3 is 2.50 bits per heavy atom. The number of ketones is 1. The summed E-state index contributed by atoms with van der Waals surface area (Å²) in [6.45, 7) is 12.2. The predicted octanol–water partition coefficient (Wildman–Crippen LogP) is 2.78. The third kappa shape index (κ3) is 4.51. The van der Waals surface area contributed by atoms with E-state index in [1.807, 2.05) is 27.7 Å². The maximum atomic E-state index is 11.9. The smallest absolute Gasteiger partial charge is 0.410 e. The monoisotopic (exact) mass is 253 g/mol. The van der Waals surface area contributed by atoms with Crippen molar-refractivity contribution >= 4 is 11.9 Å². The number of nitrogens with zero attached hydrogens (tertiary/aromatic N) is 1. The van der Waals surface area contributed by atoms with Gasteiger partial charge in [-0.05, 0) is 34.1 Å². The second-order valence-corrected chi connectivity index (χ2v) is 6.01. The quantitative estimate of drug-likeness (QED) is 0.727. The maximum absolute atomic E-state index is 11.9. The van der Waals surface area contributed by atoms with Crippen molar-refractivity contribution in [2.45, 2.75) is 46.1 Å². The number of rotatable bonds is 3. The van der Waals surface area contributed by atoms with Crippen LogP contribution in [0, 0.1) is 5.92 Å². The molecule has 1 amide bonds. The molecule has 1 heterocycles. The van der Waals surface area contributed by atoms with E-state index in [0.717, 1.165) is 12.0 Å². The van der Waals surface area contributed by atoms with Crippen LogP contribution in [0.3, 0.4) is 0 Å². The zero-order chi connectivity index (χ0) is 13.9. The highest BCUT2D eigenvalue weighted by atomic mass is 16.6. The van der Waals surface area contributed by atoms with Gasteiger partial charge in [0.15, 0.2) is 0 Å². The number of amides is 1. The fraction of sp³-hybridized carbons (Fsp3) is 0.714. The number of carbonyl (C=O) groups is 2. The zero-order valence-electron chi connectivity index (χ0n) is 11.8. The average Bonchev–Trinajstić information content (AvgIpc) is 2.61. The Kier molecular flexibility index (Phi) is 4.54. The van der Waals surface area contributed by atoms with Gasteiger partial charge < -0.3 is 9.64 Å². The van der Waals surface area contributed by atoms with Crippen LogP contribution in [-0.2, 0) is 9.53 Å². The van der Waals surface area contributed by atoms with Crippen molar-refractivity contribution in [3.63, 3.8) is 0 Å². The molecule has 1 saturated heterocycles. The van der Waals surface area contributed by atoms with Crippen LogP contribution in [0.2, 0.25) is 0 Å². The minimum Gasteiger partial charge on any atom is -0.444 e. The van der Waals surface area contributed by atoms with Crippen LogP contribution < -0.4 is 0 Å². The van der Waals surface area contributed by atoms with Crippen LogP contribution in [0.5, 0.6) is 0 Å². The lowest BCUT2D eigenvalue weighted by molar-refractivity contribution is -0.121. The van der Waals surface area contributed by atoms with Gasteiger partial charge in [0, 0.05) is 25.4 Å². The molecule has 4 nitrogen and oxygen atoms in total. The molecule has 1 atom stereocenters. The summed E-state index contributed by atoms with van der Waals surface area (Å²) in [7, 11) is 0. The summed E-state index contributed by atoms with van der Waals surface area (Å²) in [5.74, 6) is 0.114. The molecule has 0 aliphatic carbocycles. The van der Waals surface area contributed by atoms with Crippen LogP contribution in [0.1, 0.15) is 40.5 Å². The number of likely N-dealkylation sites (tertiary alicyclic amines) is 1. The Hall–Kier alpha value is -1.32. The van der Waals surface area contributed by atoms with E-state index in [9.17, 15) is 9.59 Å². The molecule has 0 aromatic heterocycles. The topological polar surface area (TPSA) is 46.6 Å². The van der Waals surface area contributed by atoms with E-state index in [4.69, 9.17) is 4.74 Å². The molecule has 0 aromatic carbocycles. The van der Waals surface area contributed by atoms with Crippen molar-refractivity contribution in [2.24, 2.45) is 5.92 Å². The summed E-state index contributed by atoms with van der Waals surface area (Å²) in [6.07, 6.45) is 0.811. The third-order valence-corrected chi connectivity index (χ3v) is 2.77. The Balaban J connectivity index is 2.48. The van der Waals surface area contributed by atoms with Crippen LogP contribution in [0.15, 0.2) is 12.2 Å². The Labute approximate surface area is 109 Å². The molecule has 18 heavy (non-hydrogen) atoms. The highest BCUT2D eigenvalue weighted by Gasteiger charge is 2.32. The predicted molar refractivity (Wildman–Crippen MR) is 70.4 cm³/mol. The standard InChI is InChI=1S/C14H23NO3/c1-10(2)8-12(16)11-6-7-15(9-11)13(17)18-14(3,4)5/h11H,1,6-9H2,2-5H3/t11-/m1/s1. The van der Waals surface area contributed by atoms with Crippen LogP contribution in [0.25, 0.3) is 0 Å². The SMILES string of the molecule is C=C(C)CC(=O)[C@@H]1CCN(C(=O)OC(C)(C)C)C1. The van der Waals surface area contributed by atoms with E-state index in [1.54, 1.807) is 4.90 Å². The summed E-state index contributed by atoms with van der Waals surface area (Å²) in [5.41, 5.74) is 0.382. The van der Waals surface area contributed by atoms with Crippen LogP contribution >= 0.6 is 0 Å². The number of Topliss-reactive ketones (excluding diaryl/α,β-unsaturated/α-hetero) is 1. The first-order valence-corrected chi connectivity index (χ1v) is 6.34. The molecule has 1 aliphatic rings. The number of carbonyl (C=O) groups excluding carboxylic acids is 2. The fourth-order valence-corrected chi connectivity index (χ4v) is 1.96.